The van der Waals surface area contributed by atoms with E-state index in [2.05, 4.69) is 16.0 Å². The fraction of sp³-hybridized carbons (Fsp3) is 0.471. The molecule has 0 bridgehead atoms. The number of hydrogen-bond donors (Lipinski definition) is 3. The van der Waals surface area contributed by atoms with Crippen molar-refractivity contribution in [3.8, 4) is 5.75 Å². The fourth-order valence-electron chi connectivity index (χ4n) is 2.63. The van der Waals surface area contributed by atoms with Gasteiger partial charge in [0.25, 0.3) is 0 Å². The molecule has 24 heavy (non-hydrogen) atoms. The van der Waals surface area contributed by atoms with Crippen molar-refractivity contribution in [1.29, 1.82) is 0 Å². The van der Waals surface area contributed by atoms with Gasteiger partial charge in [-0.25, -0.2) is 4.79 Å². The van der Waals surface area contributed by atoms with Gasteiger partial charge in [0.2, 0.25) is 11.8 Å². The van der Waals surface area contributed by atoms with Gasteiger partial charge in [-0.05, 0) is 31.4 Å². The molecule has 3 N–H and O–H groups in total. The van der Waals surface area contributed by atoms with E-state index in [1.54, 1.807) is 0 Å². The Balaban J connectivity index is 1.47. The van der Waals surface area contributed by atoms with Gasteiger partial charge < -0.3 is 15.4 Å². The van der Waals surface area contributed by atoms with E-state index in [0.29, 0.717) is 19.6 Å². The Kier molecular flexibility index (Phi) is 4.69. The number of carbonyl (C=O) groups is 3. The number of rotatable bonds is 6. The number of benzene rings is 1. The molecule has 1 heterocycles. The summed E-state index contributed by atoms with van der Waals surface area (Å²) >= 11 is 0. The molecule has 128 valence electrons. The Hall–Kier alpha value is -2.57. The molecule has 2 aliphatic rings. The van der Waals surface area contributed by atoms with Crippen molar-refractivity contribution in [1.82, 2.24) is 16.0 Å². The van der Waals surface area contributed by atoms with E-state index in [-0.39, 0.29) is 23.7 Å². The van der Waals surface area contributed by atoms with Gasteiger partial charge in [0.05, 0.1) is 6.61 Å². The highest BCUT2D eigenvalue weighted by Crippen LogP contribution is 2.45. The van der Waals surface area contributed by atoms with Gasteiger partial charge in [-0.2, -0.15) is 0 Å². The minimum atomic E-state index is -0.678. The molecule has 1 aliphatic heterocycles. The van der Waals surface area contributed by atoms with Crippen LogP contribution in [0.5, 0.6) is 5.75 Å². The summed E-state index contributed by atoms with van der Waals surface area (Å²) in [6.45, 7) is 1.06. The Morgan fingerprint density at radius 2 is 2.00 bits per heavy atom. The maximum absolute atomic E-state index is 12.2. The number of ether oxygens (including phenoxy) is 1. The summed E-state index contributed by atoms with van der Waals surface area (Å²) in [5, 5.41) is 7.55. The first-order valence-corrected chi connectivity index (χ1v) is 8.12. The predicted octanol–water partition coefficient (Wildman–Crippen LogP) is 0.950. The molecule has 1 unspecified atom stereocenters. The minimum Gasteiger partial charge on any atom is -0.493 e. The van der Waals surface area contributed by atoms with Crippen molar-refractivity contribution in [2.45, 2.75) is 31.7 Å². The molecule has 3 rings (SSSR count). The van der Waals surface area contributed by atoms with E-state index in [1.165, 1.54) is 0 Å². The normalized spacial score (nSPS) is 21.9. The van der Waals surface area contributed by atoms with Crippen LogP contribution in [0, 0.1) is 5.41 Å². The highest BCUT2D eigenvalue weighted by Gasteiger charge is 2.44. The van der Waals surface area contributed by atoms with Crippen molar-refractivity contribution in [3.05, 3.63) is 30.3 Å². The zero-order valence-corrected chi connectivity index (χ0v) is 13.3. The SMILES string of the molecule is O=C1CCC(C(=O)NCC2(COc3ccccc3)CC2)NC(=O)N1. The summed E-state index contributed by atoms with van der Waals surface area (Å²) in [6, 6.07) is 8.27. The lowest BCUT2D eigenvalue weighted by Crippen LogP contribution is -2.49. The molecule has 1 aromatic rings. The smallest absolute Gasteiger partial charge is 0.322 e. The first-order chi connectivity index (χ1) is 11.6. The number of amides is 4. The standard InChI is InChI=1S/C17H21N3O4/c21-14-7-6-13(19-16(23)20-14)15(22)18-10-17(8-9-17)11-24-12-4-2-1-3-5-12/h1-5,13H,6-11H2,(H,18,22)(H2,19,20,21,23). The van der Waals surface area contributed by atoms with E-state index in [0.717, 1.165) is 18.6 Å². The highest BCUT2D eigenvalue weighted by atomic mass is 16.5. The van der Waals surface area contributed by atoms with Crippen LogP contribution in [0.1, 0.15) is 25.7 Å². The van der Waals surface area contributed by atoms with Gasteiger partial charge in [-0.1, -0.05) is 18.2 Å². The molecule has 4 amide bonds. The summed E-state index contributed by atoms with van der Waals surface area (Å²) in [4.78, 5) is 35.0. The quantitative estimate of drug-likeness (QED) is 0.723. The highest BCUT2D eigenvalue weighted by molar-refractivity contribution is 5.98. The minimum absolute atomic E-state index is 0.0334. The van der Waals surface area contributed by atoms with E-state index in [9.17, 15) is 14.4 Å². The second kappa shape index (κ2) is 6.90. The lowest BCUT2D eigenvalue weighted by Gasteiger charge is -2.20. The van der Waals surface area contributed by atoms with E-state index in [4.69, 9.17) is 4.74 Å². The van der Waals surface area contributed by atoms with Crippen LogP contribution in [0.15, 0.2) is 30.3 Å². The zero-order chi connectivity index (χ0) is 17.0. The fourth-order valence-corrected chi connectivity index (χ4v) is 2.63. The molecule has 1 saturated carbocycles. The Morgan fingerprint density at radius 3 is 2.71 bits per heavy atom. The lowest BCUT2D eigenvalue weighted by atomic mass is 10.1. The average Bonchev–Trinajstić information content (AvgIpc) is 3.37. The Labute approximate surface area is 140 Å². The number of carbonyl (C=O) groups excluding carboxylic acids is 3. The summed E-state index contributed by atoms with van der Waals surface area (Å²) in [6.07, 6.45) is 2.45. The van der Waals surface area contributed by atoms with E-state index < -0.39 is 12.1 Å². The summed E-state index contributed by atoms with van der Waals surface area (Å²) in [5.41, 5.74) is -0.0334. The summed E-state index contributed by atoms with van der Waals surface area (Å²) in [7, 11) is 0. The average molecular weight is 331 g/mol. The molecule has 1 aliphatic carbocycles. The number of urea groups is 1. The molecule has 1 atom stereocenters. The Bertz CT molecular complexity index is 628. The monoisotopic (exact) mass is 331 g/mol. The molecule has 1 aromatic carbocycles. The van der Waals surface area contributed by atoms with E-state index >= 15 is 0 Å². The van der Waals surface area contributed by atoms with Crippen LogP contribution in [0.3, 0.4) is 0 Å². The first-order valence-electron chi connectivity index (χ1n) is 8.12. The van der Waals surface area contributed by atoms with Gasteiger partial charge >= 0.3 is 6.03 Å². The third kappa shape index (κ3) is 4.24. The van der Waals surface area contributed by atoms with Crippen molar-refractivity contribution < 1.29 is 19.1 Å². The van der Waals surface area contributed by atoms with Gasteiger partial charge in [0.1, 0.15) is 11.8 Å². The summed E-state index contributed by atoms with van der Waals surface area (Å²) < 4.78 is 5.79. The van der Waals surface area contributed by atoms with E-state index in [1.807, 2.05) is 30.3 Å². The topological polar surface area (TPSA) is 96.5 Å². The van der Waals surface area contributed by atoms with Crippen LogP contribution in [-0.4, -0.2) is 37.0 Å². The predicted molar refractivity (Wildman–Crippen MR) is 86.3 cm³/mol. The molecular formula is C17H21N3O4. The van der Waals surface area contributed by atoms with Crippen LogP contribution >= 0.6 is 0 Å². The maximum atomic E-state index is 12.2. The second-order valence-electron chi connectivity index (χ2n) is 6.43. The van der Waals surface area contributed by atoms with Crippen LogP contribution in [-0.2, 0) is 9.59 Å². The van der Waals surface area contributed by atoms with Crippen molar-refractivity contribution >= 4 is 17.8 Å². The first kappa shape index (κ1) is 16.3. The second-order valence-corrected chi connectivity index (χ2v) is 6.43. The molecule has 2 fully saturated rings. The number of hydrogen-bond acceptors (Lipinski definition) is 4. The van der Waals surface area contributed by atoms with Crippen molar-refractivity contribution in [2.24, 2.45) is 5.41 Å². The summed E-state index contributed by atoms with van der Waals surface area (Å²) in [5.74, 6) is 0.194. The Morgan fingerprint density at radius 1 is 1.25 bits per heavy atom. The van der Waals surface area contributed by atoms with Crippen LogP contribution in [0.4, 0.5) is 4.79 Å². The van der Waals surface area contributed by atoms with Crippen molar-refractivity contribution in [2.75, 3.05) is 13.2 Å². The zero-order valence-electron chi connectivity index (χ0n) is 13.3. The lowest BCUT2D eigenvalue weighted by molar-refractivity contribution is -0.123. The largest absolute Gasteiger partial charge is 0.493 e. The van der Waals surface area contributed by atoms with Crippen LogP contribution in [0.25, 0.3) is 0 Å². The van der Waals surface area contributed by atoms with Gasteiger partial charge in [0.15, 0.2) is 0 Å². The maximum Gasteiger partial charge on any atom is 0.322 e. The third-order valence-electron chi connectivity index (χ3n) is 4.42. The molecule has 0 aromatic heterocycles. The molecule has 7 nitrogen and oxygen atoms in total. The van der Waals surface area contributed by atoms with Crippen molar-refractivity contribution in [3.63, 3.8) is 0 Å². The molecule has 1 saturated heterocycles. The van der Waals surface area contributed by atoms with Gasteiger partial charge in [0, 0.05) is 18.4 Å². The number of imide groups is 1. The van der Waals surface area contributed by atoms with Gasteiger partial charge in [-0.15, -0.1) is 0 Å². The number of nitrogens with one attached hydrogen (secondary N) is 3. The van der Waals surface area contributed by atoms with Crippen LogP contribution < -0.4 is 20.7 Å². The molecule has 0 spiro atoms. The molecule has 7 heteroatoms. The van der Waals surface area contributed by atoms with Gasteiger partial charge in [-0.3, -0.25) is 14.9 Å². The molecular weight excluding hydrogens is 310 g/mol. The number of para-hydroxylation sites is 1. The van der Waals surface area contributed by atoms with Crippen LogP contribution in [0.2, 0.25) is 0 Å². The molecule has 0 radical (unpaired) electrons. The third-order valence-corrected chi connectivity index (χ3v) is 4.42.